The molecule has 1 heterocycles. The van der Waals surface area contributed by atoms with Gasteiger partial charge in [-0.3, -0.25) is 9.48 Å². The van der Waals surface area contributed by atoms with Crippen LogP contribution in [0.1, 0.15) is 21.7 Å². The maximum Gasteiger partial charge on any atom is 0.435 e. The molecule has 0 saturated heterocycles. The van der Waals surface area contributed by atoms with Crippen molar-refractivity contribution in [2.75, 3.05) is 0 Å². The summed E-state index contributed by atoms with van der Waals surface area (Å²) in [6.07, 6.45) is -4.70. The summed E-state index contributed by atoms with van der Waals surface area (Å²) in [5.41, 5.74) is 6.31. The summed E-state index contributed by atoms with van der Waals surface area (Å²) in [6, 6.07) is 14.5. The van der Waals surface area contributed by atoms with Crippen molar-refractivity contribution in [2.24, 2.45) is 12.8 Å². The van der Waals surface area contributed by atoms with E-state index in [1.807, 2.05) is 30.3 Å². The fourth-order valence-corrected chi connectivity index (χ4v) is 3.01. The molecular formula is C19H16F3N3O. The highest BCUT2D eigenvalue weighted by Gasteiger charge is 2.40. The molecule has 3 aromatic rings. The van der Waals surface area contributed by atoms with Gasteiger partial charge in [-0.2, -0.15) is 18.3 Å². The minimum Gasteiger partial charge on any atom is -0.364 e. The fraction of sp³-hybridized carbons (Fsp3) is 0.158. The van der Waals surface area contributed by atoms with Crippen LogP contribution in [0.25, 0.3) is 22.3 Å². The molecule has 134 valence electrons. The number of nitrogens with zero attached hydrogens (tertiary/aromatic N) is 2. The molecule has 0 aliphatic heterocycles. The number of nitrogens with two attached hydrogens (primary N) is 1. The van der Waals surface area contributed by atoms with Gasteiger partial charge in [0.05, 0.1) is 0 Å². The number of alkyl halides is 3. The minimum atomic E-state index is -4.70. The van der Waals surface area contributed by atoms with E-state index in [1.165, 1.54) is 7.05 Å². The minimum absolute atomic E-state index is 0.270. The SMILES string of the molecule is Cc1cc(-c2ccccc2)ccc1-c1c(C(F)(F)F)nn(C)c1C(N)=O. The van der Waals surface area contributed by atoms with E-state index in [4.69, 9.17) is 5.73 Å². The van der Waals surface area contributed by atoms with Gasteiger partial charge in [0.15, 0.2) is 5.69 Å². The zero-order valence-electron chi connectivity index (χ0n) is 14.1. The number of hydrogen-bond donors (Lipinski definition) is 1. The van der Waals surface area contributed by atoms with Gasteiger partial charge in [0.2, 0.25) is 0 Å². The Morgan fingerprint density at radius 1 is 1.08 bits per heavy atom. The molecule has 0 unspecified atom stereocenters. The maximum atomic E-state index is 13.4. The summed E-state index contributed by atoms with van der Waals surface area (Å²) < 4.78 is 41.2. The zero-order chi connectivity index (χ0) is 19.1. The first kappa shape index (κ1) is 17.7. The lowest BCUT2D eigenvalue weighted by molar-refractivity contribution is -0.140. The molecule has 0 aliphatic rings. The fourth-order valence-electron chi connectivity index (χ4n) is 3.01. The van der Waals surface area contributed by atoms with Gasteiger partial charge in [-0.05, 0) is 29.2 Å². The van der Waals surface area contributed by atoms with E-state index in [0.717, 1.165) is 15.8 Å². The molecule has 1 amide bonds. The van der Waals surface area contributed by atoms with Crippen LogP contribution in [0, 0.1) is 6.92 Å². The van der Waals surface area contributed by atoms with Crippen LogP contribution in [-0.2, 0) is 13.2 Å². The third-order valence-corrected chi connectivity index (χ3v) is 4.15. The largest absolute Gasteiger partial charge is 0.435 e. The van der Waals surface area contributed by atoms with Crippen molar-refractivity contribution in [1.29, 1.82) is 0 Å². The maximum absolute atomic E-state index is 13.4. The molecule has 0 fully saturated rings. The van der Waals surface area contributed by atoms with Crippen LogP contribution in [0.5, 0.6) is 0 Å². The van der Waals surface area contributed by atoms with E-state index in [9.17, 15) is 18.0 Å². The van der Waals surface area contributed by atoms with E-state index in [-0.39, 0.29) is 16.8 Å². The molecule has 0 saturated carbocycles. The summed E-state index contributed by atoms with van der Waals surface area (Å²) >= 11 is 0. The summed E-state index contributed by atoms with van der Waals surface area (Å²) in [6.45, 7) is 1.69. The Morgan fingerprint density at radius 3 is 2.27 bits per heavy atom. The van der Waals surface area contributed by atoms with Gasteiger partial charge < -0.3 is 5.73 Å². The molecular weight excluding hydrogens is 343 g/mol. The Morgan fingerprint density at radius 2 is 1.73 bits per heavy atom. The first-order valence-corrected chi connectivity index (χ1v) is 7.80. The molecule has 26 heavy (non-hydrogen) atoms. The Bertz CT molecular complexity index is 976. The number of benzene rings is 2. The molecule has 4 nitrogen and oxygen atoms in total. The van der Waals surface area contributed by atoms with Crippen LogP contribution in [0.15, 0.2) is 48.5 Å². The summed E-state index contributed by atoms with van der Waals surface area (Å²) in [7, 11) is 1.27. The van der Waals surface area contributed by atoms with Gasteiger partial charge in [0, 0.05) is 12.6 Å². The van der Waals surface area contributed by atoms with Gasteiger partial charge in [-0.15, -0.1) is 0 Å². The first-order valence-electron chi connectivity index (χ1n) is 7.80. The molecule has 0 bridgehead atoms. The average molecular weight is 359 g/mol. The van der Waals surface area contributed by atoms with E-state index < -0.39 is 17.8 Å². The summed E-state index contributed by atoms with van der Waals surface area (Å²) in [5, 5.41) is 3.49. The lowest BCUT2D eigenvalue weighted by atomic mass is 9.94. The van der Waals surface area contributed by atoms with Crippen LogP contribution in [0.3, 0.4) is 0 Å². The lowest BCUT2D eigenvalue weighted by Gasteiger charge is -2.12. The number of carbonyl (C=O) groups excluding carboxylic acids is 1. The molecule has 0 radical (unpaired) electrons. The van der Waals surface area contributed by atoms with Crippen molar-refractivity contribution >= 4 is 5.91 Å². The number of hydrogen-bond acceptors (Lipinski definition) is 2. The third-order valence-electron chi connectivity index (χ3n) is 4.15. The van der Waals surface area contributed by atoms with Crippen molar-refractivity contribution in [2.45, 2.75) is 13.1 Å². The Hall–Kier alpha value is -3.09. The van der Waals surface area contributed by atoms with Gasteiger partial charge >= 0.3 is 6.18 Å². The Labute approximate surface area is 148 Å². The summed E-state index contributed by atoms with van der Waals surface area (Å²) in [5.74, 6) is -0.961. The number of rotatable bonds is 3. The van der Waals surface area contributed by atoms with Gasteiger partial charge in [-0.25, -0.2) is 0 Å². The van der Waals surface area contributed by atoms with Crippen LogP contribution >= 0.6 is 0 Å². The third kappa shape index (κ3) is 3.08. The van der Waals surface area contributed by atoms with Crippen LogP contribution < -0.4 is 5.73 Å². The second-order valence-electron chi connectivity index (χ2n) is 5.95. The van der Waals surface area contributed by atoms with Crippen LogP contribution in [0.2, 0.25) is 0 Å². The normalized spacial score (nSPS) is 11.6. The quantitative estimate of drug-likeness (QED) is 0.763. The molecule has 0 spiro atoms. The van der Waals surface area contributed by atoms with Crippen molar-refractivity contribution < 1.29 is 18.0 Å². The van der Waals surface area contributed by atoms with Gasteiger partial charge in [0.1, 0.15) is 5.69 Å². The number of carbonyl (C=O) groups is 1. The van der Waals surface area contributed by atoms with Crippen molar-refractivity contribution in [3.8, 4) is 22.3 Å². The number of primary amides is 1. The van der Waals surface area contributed by atoms with E-state index in [0.29, 0.717) is 5.56 Å². The predicted molar refractivity (Wildman–Crippen MR) is 92.3 cm³/mol. The molecule has 0 atom stereocenters. The van der Waals surface area contributed by atoms with Crippen molar-refractivity contribution in [1.82, 2.24) is 9.78 Å². The highest BCUT2D eigenvalue weighted by Crippen LogP contribution is 2.40. The number of aromatic nitrogens is 2. The molecule has 1 aromatic heterocycles. The van der Waals surface area contributed by atoms with Gasteiger partial charge in [0.25, 0.3) is 5.91 Å². The standard InChI is InChI=1S/C19H16F3N3O/c1-11-10-13(12-6-4-3-5-7-12)8-9-14(11)15-16(18(23)26)25(2)24-17(15)19(20,21)22/h3-10H,1-2H3,(H2,23,26). The molecule has 3 rings (SSSR count). The van der Waals surface area contributed by atoms with Crippen LogP contribution in [0.4, 0.5) is 13.2 Å². The Balaban J connectivity index is 2.23. The topological polar surface area (TPSA) is 60.9 Å². The Kier molecular flexibility index (Phi) is 4.31. The van der Waals surface area contributed by atoms with Crippen molar-refractivity contribution in [3.05, 3.63) is 65.5 Å². The average Bonchev–Trinajstić information content (AvgIpc) is 2.93. The first-order chi connectivity index (χ1) is 12.2. The number of aryl methyl sites for hydroxylation is 2. The molecule has 2 aromatic carbocycles. The zero-order valence-corrected chi connectivity index (χ0v) is 14.1. The summed E-state index contributed by atoms with van der Waals surface area (Å²) in [4.78, 5) is 11.7. The van der Waals surface area contributed by atoms with Crippen LogP contribution in [-0.4, -0.2) is 15.7 Å². The van der Waals surface area contributed by atoms with Crippen molar-refractivity contribution in [3.63, 3.8) is 0 Å². The molecule has 7 heteroatoms. The smallest absolute Gasteiger partial charge is 0.364 e. The monoisotopic (exact) mass is 359 g/mol. The molecule has 2 N–H and O–H groups in total. The predicted octanol–water partition coefficient (Wildman–Crippen LogP) is 4.18. The number of amides is 1. The highest BCUT2D eigenvalue weighted by molar-refractivity contribution is 5.99. The van der Waals surface area contributed by atoms with Gasteiger partial charge in [-0.1, -0.05) is 48.5 Å². The van der Waals surface area contributed by atoms with E-state index >= 15 is 0 Å². The second-order valence-corrected chi connectivity index (χ2v) is 5.95. The van der Waals surface area contributed by atoms with E-state index in [1.54, 1.807) is 25.1 Å². The molecule has 0 aliphatic carbocycles. The number of halogens is 3. The second kappa shape index (κ2) is 6.33. The highest BCUT2D eigenvalue weighted by atomic mass is 19.4. The lowest BCUT2D eigenvalue weighted by Crippen LogP contribution is -2.17. The van der Waals surface area contributed by atoms with E-state index in [2.05, 4.69) is 5.10 Å².